The second-order valence-electron chi connectivity index (χ2n) is 2.21. The molecule has 0 aliphatic heterocycles. The summed E-state index contributed by atoms with van der Waals surface area (Å²) in [6.45, 7) is 2.83. The van der Waals surface area contributed by atoms with Crippen LogP contribution in [0.3, 0.4) is 0 Å². The van der Waals surface area contributed by atoms with Gasteiger partial charge < -0.3 is 5.11 Å². The summed E-state index contributed by atoms with van der Waals surface area (Å²) in [5.74, 6) is 0. The summed E-state index contributed by atoms with van der Waals surface area (Å²) in [5, 5.41) is 16.5. The summed E-state index contributed by atoms with van der Waals surface area (Å²) in [5.41, 5.74) is 0.742. The third-order valence-corrected chi connectivity index (χ3v) is 1.99. The topological polar surface area (TPSA) is 50.9 Å². The lowest BCUT2D eigenvalue weighted by molar-refractivity contribution is 0.266. The highest BCUT2D eigenvalue weighted by Crippen LogP contribution is 2.12. The number of halogens is 1. The fourth-order valence-electron chi connectivity index (χ4n) is 0.850. The van der Waals surface area contributed by atoms with E-state index in [1.807, 2.05) is 0 Å². The van der Waals surface area contributed by atoms with Crippen LogP contribution in [-0.2, 0) is 13.2 Å². The van der Waals surface area contributed by atoms with E-state index in [-0.39, 0.29) is 6.61 Å². The van der Waals surface area contributed by atoms with Crippen molar-refractivity contribution in [1.29, 1.82) is 0 Å². The van der Waals surface area contributed by atoms with Crippen LogP contribution in [0.1, 0.15) is 19.0 Å². The molecule has 0 spiro atoms. The Hall–Kier alpha value is -0.420. The van der Waals surface area contributed by atoms with Gasteiger partial charge in [-0.15, -0.1) is 5.10 Å². The molecule has 1 aromatic rings. The number of aliphatic hydroxyl groups is 1. The van der Waals surface area contributed by atoms with E-state index >= 15 is 0 Å². The summed E-state index contributed by atoms with van der Waals surface area (Å²) in [7, 11) is 0. The number of aliphatic hydroxyl groups excluding tert-OH is 1. The van der Waals surface area contributed by atoms with Gasteiger partial charge in [0, 0.05) is 6.54 Å². The molecular formula is C6H10BrN3O. The Morgan fingerprint density at radius 1 is 1.64 bits per heavy atom. The normalized spacial score (nSPS) is 10.5. The SMILES string of the molecule is CCCn1nnc(Br)c1CO. The molecule has 0 bridgehead atoms. The summed E-state index contributed by atoms with van der Waals surface area (Å²) in [6, 6.07) is 0. The minimum atomic E-state index is -0.0203. The number of rotatable bonds is 3. The maximum Gasteiger partial charge on any atom is 0.153 e. The summed E-state index contributed by atoms with van der Waals surface area (Å²) in [6.07, 6.45) is 0.989. The molecule has 1 heterocycles. The second-order valence-corrected chi connectivity index (χ2v) is 2.96. The quantitative estimate of drug-likeness (QED) is 0.824. The van der Waals surface area contributed by atoms with Gasteiger partial charge in [-0.25, -0.2) is 4.68 Å². The average molecular weight is 220 g/mol. The van der Waals surface area contributed by atoms with Crippen LogP contribution < -0.4 is 0 Å². The van der Waals surface area contributed by atoms with Crippen LogP contribution in [0.2, 0.25) is 0 Å². The molecule has 0 saturated carbocycles. The molecule has 0 atom stereocenters. The standard InChI is InChI=1S/C6H10BrN3O/c1-2-3-10-5(4-11)6(7)8-9-10/h11H,2-4H2,1H3. The molecule has 0 fully saturated rings. The van der Waals surface area contributed by atoms with Crippen LogP contribution in [0.5, 0.6) is 0 Å². The van der Waals surface area contributed by atoms with Gasteiger partial charge in [0.2, 0.25) is 0 Å². The number of hydrogen-bond acceptors (Lipinski definition) is 3. The minimum absolute atomic E-state index is 0.0203. The van der Waals surface area contributed by atoms with E-state index in [9.17, 15) is 0 Å². The van der Waals surface area contributed by atoms with Crippen molar-refractivity contribution in [2.45, 2.75) is 26.5 Å². The van der Waals surface area contributed by atoms with E-state index in [0.29, 0.717) is 4.60 Å². The second kappa shape index (κ2) is 3.82. The molecule has 5 heteroatoms. The Balaban J connectivity index is 2.86. The lowest BCUT2D eigenvalue weighted by Crippen LogP contribution is -2.04. The predicted molar refractivity (Wildman–Crippen MR) is 43.9 cm³/mol. The van der Waals surface area contributed by atoms with E-state index in [0.717, 1.165) is 18.7 Å². The first-order chi connectivity index (χ1) is 5.29. The summed E-state index contributed by atoms with van der Waals surface area (Å²) < 4.78 is 2.33. The molecule has 0 aliphatic carbocycles. The van der Waals surface area contributed by atoms with Crippen LogP contribution in [0.15, 0.2) is 4.60 Å². The third-order valence-electron chi connectivity index (χ3n) is 1.38. The van der Waals surface area contributed by atoms with Gasteiger partial charge in [-0.3, -0.25) is 0 Å². The highest BCUT2D eigenvalue weighted by molar-refractivity contribution is 9.10. The van der Waals surface area contributed by atoms with Crippen molar-refractivity contribution in [1.82, 2.24) is 15.0 Å². The largest absolute Gasteiger partial charge is 0.390 e. The molecule has 1 aromatic heterocycles. The summed E-state index contributed by atoms with van der Waals surface area (Å²) in [4.78, 5) is 0. The smallest absolute Gasteiger partial charge is 0.153 e. The van der Waals surface area contributed by atoms with Crippen molar-refractivity contribution < 1.29 is 5.11 Å². The fraction of sp³-hybridized carbons (Fsp3) is 0.667. The molecule has 4 nitrogen and oxygen atoms in total. The van der Waals surface area contributed by atoms with Gasteiger partial charge in [-0.2, -0.15) is 0 Å². The Kier molecular flexibility index (Phi) is 3.02. The Labute approximate surface area is 73.3 Å². The molecule has 1 N–H and O–H groups in total. The average Bonchev–Trinajstić information content (AvgIpc) is 2.33. The first kappa shape index (κ1) is 8.67. The fourth-order valence-corrected chi connectivity index (χ4v) is 1.25. The van der Waals surface area contributed by atoms with Crippen molar-refractivity contribution in [3.05, 3.63) is 10.3 Å². The first-order valence-corrected chi connectivity index (χ1v) is 4.27. The lowest BCUT2D eigenvalue weighted by Gasteiger charge is -2.00. The van der Waals surface area contributed by atoms with Crippen LogP contribution >= 0.6 is 15.9 Å². The lowest BCUT2D eigenvalue weighted by atomic mass is 10.4. The highest BCUT2D eigenvalue weighted by Gasteiger charge is 2.07. The maximum absolute atomic E-state index is 8.88. The molecule has 0 aromatic carbocycles. The van der Waals surface area contributed by atoms with Crippen LogP contribution in [-0.4, -0.2) is 20.1 Å². The van der Waals surface area contributed by atoms with E-state index in [1.165, 1.54) is 0 Å². The van der Waals surface area contributed by atoms with Gasteiger partial charge in [-0.05, 0) is 22.4 Å². The van der Waals surface area contributed by atoms with Crippen molar-refractivity contribution in [2.24, 2.45) is 0 Å². The van der Waals surface area contributed by atoms with Crippen LogP contribution in [0, 0.1) is 0 Å². The molecule has 62 valence electrons. The molecule has 0 saturated heterocycles. The first-order valence-electron chi connectivity index (χ1n) is 3.48. The molecule has 11 heavy (non-hydrogen) atoms. The Morgan fingerprint density at radius 2 is 2.36 bits per heavy atom. The third kappa shape index (κ3) is 1.78. The van der Waals surface area contributed by atoms with Crippen molar-refractivity contribution in [3.63, 3.8) is 0 Å². The predicted octanol–water partition coefficient (Wildman–Crippen LogP) is 0.943. The minimum Gasteiger partial charge on any atom is -0.390 e. The van der Waals surface area contributed by atoms with E-state index in [1.54, 1.807) is 4.68 Å². The van der Waals surface area contributed by atoms with Gasteiger partial charge in [0.15, 0.2) is 4.60 Å². The van der Waals surface area contributed by atoms with Gasteiger partial charge >= 0.3 is 0 Å². The molecule has 1 rings (SSSR count). The molecule has 0 aliphatic rings. The van der Waals surface area contributed by atoms with Gasteiger partial charge in [0.05, 0.1) is 12.3 Å². The highest BCUT2D eigenvalue weighted by atomic mass is 79.9. The zero-order chi connectivity index (χ0) is 8.27. The van der Waals surface area contributed by atoms with Crippen molar-refractivity contribution in [2.75, 3.05) is 0 Å². The Bertz CT molecular complexity index is 236. The zero-order valence-corrected chi connectivity index (χ0v) is 7.87. The monoisotopic (exact) mass is 219 g/mol. The van der Waals surface area contributed by atoms with Crippen molar-refractivity contribution >= 4 is 15.9 Å². The zero-order valence-electron chi connectivity index (χ0n) is 6.29. The summed E-state index contributed by atoms with van der Waals surface area (Å²) >= 11 is 3.19. The van der Waals surface area contributed by atoms with Gasteiger partial charge in [0.1, 0.15) is 0 Å². The van der Waals surface area contributed by atoms with E-state index < -0.39 is 0 Å². The molecule has 0 unspecified atom stereocenters. The number of hydrogen-bond donors (Lipinski definition) is 1. The molecular weight excluding hydrogens is 210 g/mol. The molecule has 0 radical (unpaired) electrons. The van der Waals surface area contributed by atoms with Crippen LogP contribution in [0.4, 0.5) is 0 Å². The number of nitrogens with zero attached hydrogens (tertiary/aromatic N) is 3. The Morgan fingerprint density at radius 3 is 2.91 bits per heavy atom. The maximum atomic E-state index is 8.88. The van der Waals surface area contributed by atoms with Gasteiger partial charge in [-0.1, -0.05) is 12.1 Å². The number of aromatic nitrogens is 3. The van der Waals surface area contributed by atoms with E-state index in [2.05, 4.69) is 33.2 Å². The number of aryl methyl sites for hydroxylation is 1. The van der Waals surface area contributed by atoms with Gasteiger partial charge in [0.25, 0.3) is 0 Å². The van der Waals surface area contributed by atoms with Crippen molar-refractivity contribution in [3.8, 4) is 0 Å². The molecule has 0 amide bonds. The van der Waals surface area contributed by atoms with E-state index in [4.69, 9.17) is 5.11 Å². The van der Waals surface area contributed by atoms with Crippen LogP contribution in [0.25, 0.3) is 0 Å².